The van der Waals surface area contributed by atoms with Crippen molar-refractivity contribution in [2.75, 3.05) is 13.2 Å². The van der Waals surface area contributed by atoms with Gasteiger partial charge in [-0.3, -0.25) is 4.79 Å². The van der Waals surface area contributed by atoms with Crippen molar-refractivity contribution in [1.82, 2.24) is 4.90 Å². The Balaban J connectivity index is 2.07. The lowest BCUT2D eigenvalue weighted by atomic mass is 9.90. The number of aliphatic hydroxyl groups is 1. The summed E-state index contributed by atoms with van der Waals surface area (Å²) in [7, 11) is 0. The molecular formula is C14H20N2O2. The fourth-order valence-corrected chi connectivity index (χ4v) is 2.26. The SMILES string of the molecule is NC(C(=O)N(CCO)C1CCC1)c1ccccc1. The van der Waals surface area contributed by atoms with Gasteiger partial charge in [-0.2, -0.15) is 0 Å². The summed E-state index contributed by atoms with van der Waals surface area (Å²) < 4.78 is 0. The van der Waals surface area contributed by atoms with Gasteiger partial charge in [-0.1, -0.05) is 30.3 Å². The summed E-state index contributed by atoms with van der Waals surface area (Å²) in [4.78, 5) is 14.1. The first-order chi connectivity index (χ1) is 8.74. The predicted molar refractivity (Wildman–Crippen MR) is 69.8 cm³/mol. The molecule has 1 unspecified atom stereocenters. The summed E-state index contributed by atoms with van der Waals surface area (Å²) in [6.45, 7) is 0.369. The van der Waals surface area contributed by atoms with E-state index in [0.717, 1.165) is 24.8 Å². The third-order valence-corrected chi connectivity index (χ3v) is 3.56. The molecule has 0 bridgehead atoms. The van der Waals surface area contributed by atoms with Crippen LogP contribution in [0.5, 0.6) is 0 Å². The molecule has 1 atom stereocenters. The summed E-state index contributed by atoms with van der Waals surface area (Å²) in [6, 6.07) is 9.02. The highest BCUT2D eigenvalue weighted by atomic mass is 16.3. The van der Waals surface area contributed by atoms with Gasteiger partial charge < -0.3 is 15.7 Å². The fraction of sp³-hybridized carbons (Fsp3) is 0.500. The Labute approximate surface area is 107 Å². The molecule has 1 aromatic rings. The van der Waals surface area contributed by atoms with Crippen LogP contribution in [0.15, 0.2) is 30.3 Å². The Kier molecular flexibility index (Phi) is 4.33. The van der Waals surface area contributed by atoms with Crippen LogP contribution in [0.4, 0.5) is 0 Å². The van der Waals surface area contributed by atoms with Crippen molar-refractivity contribution in [2.45, 2.75) is 31.3 Å². The summed E-state index contributed by atoms with van der Waals surface area (Å²) in [6.07, 6.45) is 3.20. The number of carbonyl (C=O) groups is 1. The van der Waals surface area contributed by atoms with Crippen LogP contribution < -0.4 is 5.73 Å². The van der Waals surface area contributed by atoms with E-state index in [1.54, 1.807) is 4.90 Å². The van der Waals surface area contributed by atoms with Crippen LogP contribution in [0.1, 0.15) is 30.9 Å². The molecule has 3 N–H and O–H groups in total. The lowest BCUT2D eigenvalue weighted by molar-refractivity contribution is -0.137. The normalized spacial score (nSPS) is 17.0. The fourth-order valence-electron chi connectivity index (χ4n) is 2.26. The zero-order valence-electron chi connectivity index (χ0n) is 10.5. The topological polar surface area (TPSA) is 66.6 Å². The van der Waals surface area contributed by atoms with Crippen molar-refractivity contribution in [1.29, 1.82) is 0 Å². The van der Waals surface area contributed by atoms with E-state index in [-0.39, 0.29) is 18.6 Å². The zero-order valence-corrected chi connectivity index (χ0v) is 10.5. The number of hydrogen-bond donors (Lipinski definition) is 2. The van der Waals surface area contributed by atoms with Gasteiger partial charge in [0.25, 0.3) is 0 Å². The second-order valence-electron chi connectivity index (χ2n) is 4.73. The van der Waals surface area contributed by atoms with Gasteiger partial charge in [0.1, 0.15) is 6.04 Å². The minimum absolute atomic E-state index is 0.0102. The monoisotopic (exact) mass is 248 g/mol. The largest absolute Gasteiger partial charge is 0.395 e. The highest BCUT2D eigenvalue weighted by Gasteiger charge is 2.31. The van der Waals surface area contributed by atoms with E-state index in [9.17, 15) is 4.79 Å². The number of nitrogens with zero attached hydrogens (tertiary/aromatic N) is 1. The molecule has 1 saturated carbocycles. The van der Waals surface area contributed by atoms with E-state index in [2.05, 4.69) is 0 Å². The first-order valence-electron chi connectivity index (χ1n) is 6.46. The molecule has 98 valence electrons. The molecule has 0 aromatic heterocycles. The van der Waals surface area contributed by atoms with Gasteiger partial charge in [-0.05, 0) is 24.8 Å². The third-order valence-electron chi connectivity index (χ3n) is 3.56. The molecule has 0 heterocycles. The Morgan fingerprint density at radius 1 is 1.39 bits per heavy atom. The van der Waals surface area contributed by atoms with Crippen molar-refractivity contribution < 1.29 is 9.90 Å². The number of hydrogen-bond acceptors (Lipinski definition) is 3. The van der Waals surface area contributed by atoms with E-state index in [1.165, 1.54) is 0 Å². The first-order valence-corrected chi connectivity index (χ1v) is 6.46. The molecule has 2 rings (SSSR count). The highest BCUT2D eigenvalue weighted by molar-refractivity contribution is 5.83. The summed E-state index contributed by atoms with van der Waals surface area (Å²) in [5, 5.41) is 9.07. The van der Waals surface area contributed by atoms with Crippen LogP contribution in [0.3, 0.4) is 0 Å². The van der Waals surface area contributed by atoms with Gasteiger partial charge in [-0.15, -0.1) is 0 Å². The number of aliphatic hydroxyl groups excluding tert-OH is 1. The van der Waals surface area contributed by atoms with Gasteiger partial charge >= 0.3 is 0 Å². The van der Waals surface area contributed by atoms with E-state index in [4.69, 9.17) is 10.8 Å². The van der Waals surface area contributed by atoms with Crippen LogP contribution >= 0.6 is 0 Å². The number of rotatable bonds is 5. The van der Waals surface area contributed by atoms with Crippen molar-refractivity contribution in [3.63, 3.8) is 0 Å². The summed E-state index contributed by atoms with van der Waals surface area (Å²) >= 11 is 0. The van der Waals surface area contributed by atoms with Crippen LogP contribution in [-0.4, -0.2) is 35.1 Å². The number of carbonyl (C=O) groups excluding carboxylic acids is 1. The maximum atomic E-state index is 12.4. The predicted octanol–water partition coefficient (Wildman–Crippen LogP) is 1.06. The van der Waals surface area contributed by atoms with Gasteiger partial charge in [0.05, 0.1) is 6.61 Å². The van der Waals surface area contributed by atoms with Crippen LogP contribution in [0, 0.1) is 0 Å². The molecule has 1 aliphatic rings. The minimum atomic E-state index is -0.627. The summed E-state index contributed by atoms with van der Waals surface area (Å²) in [5.41, 5.74) is 6.84. The van der Waals surface area contributed by atoms with E-state index in [1.807, 2.05) is 30.3 Å². The van der Waals surface area contributed by atoms with Gasteiger partial charge in [0.2, 0.25) is 5.91 Å². The highest BCUT2D eigenvalue weighted by Crippen LogP contribution is 2.26. The van der Waals surface area contributed by atoms with E-state index < -0.39 is 6.04 Å². The Morgan fingerprint density at radius 3 is 2.56 bits per heavy atom. The lowest BCUT2D eigenvalue weighted by Gasteiger charge is -2.38. The molecule has 0 radical (unpaired) electrons. The Hall–Kier alpha value is -1.39. The van der Waals surface area contributed by atoms with E-state index in [0.29, 0.717) is 6.54 Å². The second kappa shape index (κ2) is 5.98. The molecule has 18 heavy (non-hydrogen) atoms. The molecule has 0 aliphatic heterocycles. The molecular weight excluding hydrogens is 228 g/mol. The quantitative estimate of drug-likeness (QED) is 0.819. The van der Waals surface area contributed by atoms with Crippen molar-refractivity contribution in [3.8, 4) is 0 Å². The standard InChI is InChI=1S/C14H20N2O2/c15-13(11-5-2-1-3-6-11)14(18)16(9-10-17)12-7-4-8-12/h1-3,5-6,12-13,17H,4,7-10,15H2. The van der Waals surface area contributed by atoms with Crippen molar-refractivity contribution >= 4 is 5.91 Å². The average Bonchev–Trinajstić information content (AvgIpc) is 2.35. The van der Waals surface area contributed by atoms with Crippen LogP contribution in [0.25, 0.3) is 0 Å². The Morgan fingerprint density at radius 2 is 2.06 bits per heavy atom. The number of amides is 1. The first kappa shape index (κ1) is 13.1. The molecule has 1 fully saturated rings. The average molecular weight is 248 g/mol. The zero-order chi connectivity index (χ0) is 13.0. The second-order valence-corrected chi connectivity index (χ2v) is 4.73. The van der Waals surface area contributed by atoms with Crippen molar-refractivity contribution in [3.05, 3.63) is 35.9 Å². The molecule has 1 aromatic carbocycles. The number of nitrogens with two attached hydrogens (primary N) is 1. The maximum absolute atomic E-state index is 12.4. The number of benzene rings is 1. The Bertz CT molecular complexity index is 390. The molecule has 4 heteroatoms. The molecule has 0 saturated heterocycles. The van der Waals surface area contributed by atoms with Gasteiger partial charge in [0, 0.05) is 12.6 Å². The minimum Gasteiger partial charge on any atom is -0.395 e. The van der Waals surface area contributed by atoms with Gasteiger partial charge in [0.15, 0.2) is 0 Å². The molecule has 1 amide bonds. The molecule has 1 aliphatic carbocycles. The smallest absolute Gasteiger partial charge is 0.244 e. The maximum Gasteiger partial charge on any atom is 0.244 e. The lowest BCUT2D eigenvalue weighted by Crippen LogP contribution is -2.49. The van der Waals surface area contributed by atoms with Crippen LogP contribution in [-0.2, 0) is 4.79 Å². The third kappa shape index (κ3) is 2.71. The van der Waals surface area contributed by atoms with Crippen molar-refractivity contribution in [2.24, 2.45) is 5.73 Å². The molecule has 0 spiro atoms. The van der Waals surface area contributed by atoms with E-state index >= 15 is 0 Å². The molecule has 4 nitrogen and oxygen atoms in total. The van der Waals surface area contributed by atoms with Gasteiger partial charge in [-0.25, -0.2) is 0 Å². The summed E-state index contributed by atoms with van der Waals surface area (Å²) in [5.74, 6) is -0.0834. The van der Waals surface area contributed by atoms with Crippen LogP contribution in [0.2, 0.25) is 0 Å².